The van der Waals surface area contributed by atoms with E-state index in [4.69, 9.17) is 15.0 Å². The van der Waals surface area contributed by atoms with Crippen LogP contribution < -0.4 is 11.1 Å². The Bertz CT molecular complexity index is 932. The second kappa shape index (κ2) is 8.12. The Labute approximate surface area is 163 Å². The fraction of sp³-hybridized carbons (Fsp3) is 0.286. The minimum atomic E-state index is -0.608. The Balaban J connectivity index is 1.85. The molecule has 7 nitrogen and oxygen atoms in total. The summed E-state index contributed by atoms with van der Waals surface area (Å²) in [5, 5.41) is 6.87. The summed E-state index contributed by atoms with van der Waals surface area (Å²) in [4.78, 5) is 16.8. The molecule has 1 amide bonds. The Hall–Kier alpha value is -3.35. The van der Waals surface area contributed by atoms with Gasteiger partial charge in [-0.2, -0.15) is 4.98 Å². The Kier molecular flexibility index (Phi) is 5.63. The van der Waals surface area contributed by atoms with E-state index in [-0.39, 0.29) is 0 Å². The maximum atomic E-state index is 12.3. The number of hydrogen-bond donors (Lipinski definition) is 2. The van der Waals surface area contributed by atoms with Crippen molar-refractivity contribution < 1.29 is 14.1 Å². The van der Waals surface area contributed by atoms with E-state index in [9.17, 15) is 4.79 Å². The summed E-state index contributed by atoms with van der Waals surface area (Å²) in [6.45, 7) is 5.43. The molecule has 1 atom stereocenters. The molecule has 7 heteroatoms. The average molecular weight is 380 g/mol. The van der Waals surface area contributed by atoms with E-state index in [2.05, 4.69) is 15.5 Å². The summed E-state index contributed by atoms with van der Waals surface area (Å²) in [5.41, 5.74) is 7.59. The fourth-order valence-electron chi connectivity index (χ4n) is 2.67. The van der Waals surface area contributed by atoms with Crippen molar-refractivity contribution in [2.45, 2.75) is 38.8 Å². The van der Waals surface area contributed by atoms with Crippen LogP contribution >= 0.6 is 0 Å². The molecule has 0 aliphatic heterocycles. The van der Waals surface area contributed by atoms with Crippen LogP contribution in [-0.2, 0) is 11.2 Å². The molecular formula is C21H24N4O3. The van der Waals surface area contributed by atoms with Gasteiger partial charge in [0.1, 0.15) is 11.6 Å². The van der Waals surface area contributed by atoms with Gasteiger partial charge in [0.05, 0.1) is 0 Å². The zero-order chi connectivity index (χ0) is 20.1. The molecule has 146 valence electrons. The van der Waals surface area contributed by atoms with Crippen LogP contribution in [-0.4, -0.2) is 21.8 Å². The quantitative estimate of drug-likeness (QED) is 0.645. The van der Waals surface area contributed by atoms with Gasteiger partial charge in [0.15, 0.2) is 0 Å². The van der Waals surface area contributed by atoms with Gasteiger partial charge in [-0.05, 0) is 38.5 Å². The third-order valence-corrected chi connectivity index (χ3v) is 3.86. The van der Waals surface area contributed by atoms with Crippen LogP contribution in [0.4, 0.5) is 10.5 Å². The minimum Gasteiger partial charge on any atom is -0.444 e. The van der Waals surface area contributed by atoms with Crippen molar-refractivity contribution in [2.24, 2.45) is 0 Å². The Morgan fingerprint density at radius 1 is 1.18 bits per heavy atom. The van der Waals surface area contributed by atoms with Crippen molar-refractivity contribution in [1.82, 2.24) is 15.5 Å². The normalized spacial score (nSPS) is 12.4. The summed E-state index contributed by atoms with van der Waals surface area (Å²) >= 11 is 0. The first-order chi connectivity index (χ1) is 13.3. The predicted molar refractivity (Wildman–Crippen MR) is 106 cm³/mol. The first kappa shape index (κ1) is 19.4. The number of alkyl carbamates (subject to hydrolysis) is 1. The number of nitrogens with one attached hydrogen (secondary N) is 1. The van der Waals surface area contributed by atoms with Crippen LogP contribution in [0.3, 0.4) is 0 Å². The highest BCUT2D eigenvalue weighted by Crippen LogP contribution is 2.23. The van der Waals surface area contributed by atoms with Gasteiger partial charge in [-0.1, -0.05) is 47.6 Å². The molecule has 3 N–H and O–H groups in total. The van der Waals surface area contributed by atoms with Gasteiger partial charge >= 0.3 is 6.09 Å². The lowest BCUT2D eigenvalue weighted by molar-refractivity contribution is 0.0493. The predicted octanol–water partition coefficient (Wildman–Crippen LogP) is 4.13. The SMILES string of the molecule is CC(C)(C)OC(=O)NC(Cc1ccccc1)c1nc(-c2cccc(N)c2)no1. The number of aromatic nitrogens is 2. The van der Waals surface area contributed by atoms with E-state index in [0.717, 1.165) is 11.1 Å². The van der Waals surface area contributed by atoms with Crippen LogP contribution in [0.2, 0.25) is 0 Å². The molecular weight excluding hydrogens is 356 g/mol. The van der Waals surface area contributed by atoms with E-state index in [1.54, 1.807) is 12.1 Å². The fourth-order valence-corrected chi connectivity index (χ4v) is 2.67. The number of carbonyl (C=O) groups excluding carboxylic acids is 1. The first-order valence-electron chi connectivity index (χ1n) is 9.03. The van der Waals surface area contributed by atoms with Gasteiger partial charge in [-0.25, -0.2) is 4.79 Å². The first-order valence-corrected chi connectivity index (χ1v) is 9.03. The number of anilines is 1. The molecule has 1 heterocycles. The third-order valence-electron chi connectivity index (χ3n) is 3.86. The molecule has 28 heavy (non-hydrogen) atoms. The van der Waals surface area contributed by atoms with Crippen LogP contribution in [0.5, 0.6) is 0 Å². The van der Waals surface area contributed by atoms with Gasteiger partial charge in [-0.3, -0.25) is 0 Å². The maximum absolute atomic E-state index is 12.3. The minimum absolute atomic E-state index is 0.298. The standard InChI is InChI=1S/C21H24N4O3/c1-21(2,3)27-20(26)23-17(12-14-8-5-4-6-9-14)19-24-18(25-28-19)15-10-7-11-16(22)13-15/h4-11,13,17H,12,22H2,1-3H3,(H,23,26). The maximum Gasteiger partial charge on any atom is 0.408 e. The lowest BCUT2D eigenvalue weighted by atomic mass is 10.1. The molecule has 0 fully saturated rings. The van der Waals surface area contributed by atoms with Crippen LogP contribution in [0.15, 0.2) is 59.1 Å². The summed E-state index contributed by atoms with van der Waals surface area (Å²) < 4.78 is 10.8. The highest BCUT2D eigenvalue weighted by Gasteiger charge is 2.25. The number of nitrogens with two attached hydrogens (primary N) is 1. The average Bonchev–Trinajstić information content (AvgIpc) is 3.10. The molecule has 1 aromatic heterocycles. The van der Waals surface area contributed by atoms with Crippen molar-refractivity contribution in [3.8, 4) is 11.4 Å². The van der Waals surface area contributed by atoms with E-state index in [1.807, 2.05) is 63.2 Å². The van der Waals surface area contributed by atoms with Gasteiger partial charge in [0, 0.05) is 17.7 Å². The van der Waals surface area contributed by atoms with Crippen molar-refractivity contribution in [3.63, 3.8) is 0 Å². The molecule has 0 spiro atoms. The second-order valence-electron chi connectivity index (χ2n) is 7.47. The van der Waals surface area contributed by atoms with Crippen LogP contribution in [0.25, 0.3) is 11.4 Å². The number of ether oxygens (including phenoxy) is 1. The second-order valence-corrected chi connectivity index (χ2v) is 7.47. The van der Waals surface area contributed by atoms with E-state index < -0.39 is 17.7 Å². The van der Waals surface area contributed by atoms with Gasteiger partial charge < -0.3 is 20.3 Å². The van der Waals surface area contributed by atoms with Crippen molar-refractivity contribution in [1.29, 1.82) is 0 Å². The van der Waals surface area contributed by atoms with Gasteiger partial charge in [0.2, 0.25) is 11.7 Å². The summed E-state index contributed by atoms with van der Waals surface area (Å²) in [5.74, 6) is 0.707. The number of nitrogens with zero attached hydrogens (tertiary/aromatic N) is 2. The molecule has 0 bridgehead atoms. The monoisotopic (exact) mass is 380 g/mol. The lowest BCUT2D eigenvalue weighted by Gasteiger charge is -2.22. The van der Waals surface area contributed by atoms with Crippen molar-refractivity contribution >= 4 is 11.8 Å². The molecule has 0 saturated heterocycles. The molecule has 0 radical (unpaired) electrons. The molecule has 2 aromatic carbocycles. The molecule has 1 unspecified atom stereocenters. The number of nitrogen functional groups attached to an aromatic ring is 1. The number of carbonyl (C=O) groups is 1. The van der Waals surface area contributed by atoms with E-state index in [0.29, 0.717) is 23.8 Å². The highest BCUT2D eigenvalue weighted by molar-refractivity contribution is 5.68. The number of rotatable bonds is 5. The molecule has 3 rings (SSSR count). The number of hydrogen-bond acceptors (Lipinski definition) is 6. The van der Waals surface area contributed by atoms with Crippen molar-refractivity contribution in [2.75, 3.05) is 5.73 Å². The Morgan fingerprint density at radius 3 is 2.61 bits per heavy atom. The smallest absolute Gasteiger partial charge is 0.408 e. The highest BCUT2D eigenvalue weighted by atomic mass is 16.6. The molecule has 3 aromatic rings. The van der Waals surface area contributed by atoms with Gasteiger partial charge in [-0.15, -0.1) is 0 Å². The molecule has 0 saturated carbocycles. The van der Waals surface area contributed by atoms with Crippen LogP contribution in [0, 0.1) is 0 Å². The zero-order valence-electron chi connectivity index (χ0n) is 16.2. The third kappa shape index (κ3) is 5.33. The zero-order valence-corrected chi connectivity index (χ0v) is 16.2. The lowest BCUT2D eigenvalue weighted by Crippen LogP contribution is -2.36. The largest absolute Gasteiger partial charge is 0.444 e. The summed E-state index contributed by atoms with van der Waals surface area (Å²) in [6, 6.07) is 16.4. The van der Waals surface area contributed by atoms with Crippen molar-refractivity contribution in [3.05, 3.63) is 66.1 Å². The number of benzene rings is 2. The Morgan fingerprint density at radius 2 is 1.93 bits per heavy atom. The van der Waals surface area contributed by atoms with E-state index in [1.165, 1.54) is 0 Å². The summed E-state index contributed by atoms with van der Waals surface area (Å²) in [7, 11) is 0. The molecule has 0 aliphatic carbocycles. The topological polar surface area (TPSA) is 103 Å². The van der Waals surface area contributed by atoms with Gasteiger partial charge in [0.25, 0.3) is 0 Å². The molecule has 0 aliphatic rings. The summed E-state index contributed by atoms with van der Waals surface area (Å²) in [6.07, 6.45) is -0.0596. The van der Waals surface area contributed by atoms with Crippen LogP contribution in [0.1, 0.15) is 38.3 Å². The number of amides is 1. The van der Waals surface area contributed by atoms with E-state index >= 15 is 0 Å².